The van der Waals surface area contributed by atoms with Crippen molar-refractivity contribution in [1.82, 2.24) is 14.9 Å². The second kappa shape index (κ2) is 6.48. The molecule has 0 bridgehead atoms. The number of carboxylic acid groups (broad SMARTS) is 1. The molecule has 0 aliphatic carbocycles. The molecule has 1 amide bonds. The summed E-state index contributed by atoms with van der Waals surface area (Å²) < 4.78 is 0. The fourth-order valence-electron chi connectivity index (χ4n) is 1.82. The third-order valence-electron chi connectivity index (χ3n) is 2.92. The number of nitrogens with zero attached hydrogens (tertiary/aromatic N) is 3. The SMILES string of the molecule is CN(C)C(=O)c1cc(-c2csc(N(CC(=O)O)C(=N)N)n2)c[nH]1. The number of amides is 1. The van der Waals surface area contributed by atoms with Crippen molar-refractivity contribution in [2.75, 3.05) is 25.5 Å². The summed E-state index contributed by atoms with van der Waals surface area (Å²) in [6.07, 6.45) is 1.64. The Kier molecular flexibility index (Phi) is 4.65. The number of guanidine groups is 1. The number of hydrogen-bond acceptors (Lipinski definition) is 5. The summed E-state index contributed by atoms with van der Waals surface area (Å²) >= 11 is 1.17. The molecule has 2 aromatic rings. The van der Waals surface area contributed by atoms with Gasteiger partial charge in [0.2, 0.25) is 0 Å². The molecule has 2 aromatic heterocycles. The molecule has 0 aliphatic rings. The molecule has 2 rings (SSSR count). The average Bonchev–Trinajstić information content (AvgIpc) is 3.12. The molecule has 0 fully saturated rings. The van der Waals surface area contributed by atoms with E-state index < -0.39 is 18.5 Å². The standard InChI is InChI=1S/C13H16N6O3S/c1-18(2)11(22)8-3-7(4-16-8)9-6-23-13(17-9)19(12(14)15)5-10(20)21/h3-4,6,16H,5H2,1-2H3,(H3,14,15)(H,20,21). The summed E-state index contributed by atoms with van der Waals surface area (Å²) in [4.78, 5) is 32.4. The van der Waals surface area contributed by atoms with Gasteiger partial charge in [-0.3, -0.25) is 19.9 Å². The molecule has 2 heterocycles. The minimum atomic E-state index is -1.11. The van der Waals surface area contributed by atoms with Gasteiger partial charge in [-0.2, -0.15) is 0 Å². The second-order valence-electron chi connectivity index (χ2n) is 4.88. The van der Waals surface area contributed by atoms with Crippen LogP contribution in [0.2, 0.25) is 0 Å². The van der Waals surface area contributed by atoms with Gasteiger partial charge >= 0.3 is 5.97 Å². The number of hydrogen-bond donors (Lipinski definition) is 4. The van der Waals surface area contributed by atoms with Crippen molar-refractivity contribution in [3.8, 4) is 11.3 Å². The van der Waals surface area contributed by atoms with Gasteiger partial charge < -0.3 is 20.7 Å². The predicted octanol–water partition coefficient (Wildman–Crippen LogP) is 0.624. The number of aromatic nitrogens is 2. The number of anilines is 1. The summed E-state index contributed by atoms with van der Waals surface area (Å²) in [6, 6.07) is 1.66. The van der Waals surface area contributed by atoms with E-state index in [-0.39, 0.29) is 5.91 Å². The summed E-state index contributed by atoms with van der Waals surface area (Å²) in [6.45, 7) is -0.445. The van der Waals surface area contributed by atoms with Crippen LogP contribution in [-0.4, -0.2) is 58.5 Å². The molecule has 0 aliphatic heterocycles. The molecular formula is C13H16N6O3S. The molecule has 0 unspecified atom stereocenters. The first kappa shape index (κ1) is 16.5. The number of carboxylic acids is 1. The maximum absolute atomic E-state index is 11.9. The van der Waals surface area contributed by atoms with Crippen molar-refractivity contribution >= 4 is 34.3 Å². The van der Waals surface area contributed by atoms with Gasteiger partial charge in [0.25, 0.3) is 5.91 Å². The smallest absolute Gasteiger partial charge is 0.323 e. The third-order valence-corrected chi connectivity index (χ3v) is 3.79. The average molecular weight is 336 g/mol. The zero-order chi connectivity index (χ0) is 17.1. The van der Waals surface area contributed by atoms with E-state index in [1.807, 2.05) is 0 Å². The first-order valence-corrected chi connectivity index (χ1v) is 7.37. The van der Waals surface area contributed by atoms with Crippen LogP contribution in [0.5, 0.6) is 0 Å². The molecule has 0 atom stereocenters. The van der Waals surface area contributed by atoms with E-state index in [4.69, 9.17) is 16.2 Å². The highest BCUT2D eigenvalue weighted by atomic mass is 32.1. The number of carbonyl (C=O) groups is 2. The first-order valence-electron chi connectivity index (χ1n) is 6.49. The molecule has 0 radical (unpaired) electrons. The maximum atomic E-state index is 11.9. The predicted molar refractivity (Wildman–Crippen MR) is 86.8 cm³/mol. The quantitative estimate of drug-likeness (QED) is 0.466. The van der Waals surface area contributed by atoms with Crippen molar-refractivity contribution in [1.29, 1.82) is 5.41 Å². The second-order valence-corrected chi connectivity index (χ2v) is 5.72. The minimum absolute atomic E-state index is 0.164. The van der Waals surface area contributed by atoms with Crippen molar-refractivity contribution in [3.05, 3.63) is 23.3 Å². The number of thiazole rings is 1. The Morgan fingerprint density at radius 1 is 1.48 bits per heavy atom. The van der Waals surface area contributed by atoms with Gasteiger partial charge in [0, 0.05) is 31.2 Å². The van der Waals surface area contributed by atoms with E-state index in [0.29, 0.717) is 22.1 Å². The summed E-state index contributed by atoms with van der Waals surface area (Å²) in [5.74, 6) is -1.67. The number of nitrogens with two attached hydrogens (primary N) is 1. The Bertz CT molecular complexity index is 750. The van der Waals surface area contributed by atoms with Gasteiger partial charge in [0.05, 0.1) is 5.69 Å². The van der Waals surface area contributed by atoms with E-state index in [1.165, 1.54) is 16.2 Å². The van der Waals surface area contributed by atoms with Crippen molar-refractivity contribution < 1.29 is 14.7 Å². The first-order chi connectivity index (χ1) is 10.8. The van der Waals surface area contributed by atoms with E-state index >= 15 is 0 Å². The van der Waals surface area contributed by atoms with Gasteiger partial charge in [0.1, 0.15) is 12.2 Å². The van der Waals surface area contributed by atoms with Crippen LogP contribution in [0.3, 0.4) is 0 Å². The van der Waals surface area contributed by atoms with Gasteiger partial charge in [-0.25, -0.2) is 4.98 Å². The zero-order valence-electron chi connectivity index (χ0n) is 12.5. The number of nitrogens with one attached hydrogen (secondary N) is 2. The molecule has 0 saturated carbocycles. The fourth-order valence-corrected chi connectivity index (χ4v) is 2.67. The molecule has 23 heavy (non-hydrogen) atoms. The normalized spacial score (nSPS) is 10.3. The number of aromatic amines is 1. The zero-order valence-corrected chi connectivity index (χ0v) is 13.3. The van der Waals surface area contributed by atoms with E-state index in [1.54, 1.807) is 31.7 Å². The summed E-state index contributed by atoms with van der Waals surface area (Å²) in [5.41, 5.74) is 7.08. The van der Waals surface area contributed by atoms with E-state index in [0.717, 1.165) is 4.90 Å². The molecule has 0 aromatic carbocycles. The highest BCUT2D eigenvalue weighted by molar-refractivity contribution is 7.14. The molecule has 9 nitrogen and oxygen atoms in total. The summed E-state index contributed by atoms with van der Waals surface area (Å²) in [5, 5.41) is 18.3. The Balaban J connectivity index is 2.26. The molecule has 0 spiro atoms. The van der Waals surface area contributed by atoms with Crippen LogP contribution in [-0.2, 0) is 4.79 Å². The summed E-state index contributed by atoms with van der Waals surface area (Å²) in [7, 11) is 3.31. The fraction of sp³-hybridized carbons (Fsp3) is 0.231. The lowest BCUT2D eigenvalue weighted by Gasteiger charge is -2.16. The molecule has 122 valence electrons. The third kappa shape index (κ3) is 3.66. The molecule has 0 saturated heterocycles. The number of H-pyrrole nitrogens is 1. The van der Waals surface area contributed by atoms with Gasteiger partial charge in [-0.05, 0) is 6.07 Å². The number of rotatable bonds is 5. The lowest BCUT2D eigenvalue weighted by atomic mass is 10.2. The van der Waals surface area contributed by atoms with Crippen molar-refractivity contribution in [2.24, 2.45) is 5.73 Å². The molecule has 5 N–H and O–H groups in total. The Labute approximate surface area is 135 Å². The van der Waals surface area contributed by atoms with Crippen LogP contribution >= 0.6 is 11.3 Å². The number of carbonyl (C=O) groups excluding carboxylic acids is 1. The molecular weight excluding hydrogens is 320 g/mol. The van der Waals surface area contributed by atoms with E-state index in [2.05, 4.69) is 9.97 Å². The lowest BCUT2D eigenvalue weighted by molar-refractivity contribution is -0.135. The Morgan fingerprint density at radius 3 is 2.74 bits per heavy atom. The van der Waals surface area contributed by atoms with Gasteiger partial charge in [-0.15, -0.1) is 11.3 Å². The van der Waals surface area contributed by atoms with Crippen LogP contribution in [0.15, 0.2) is 17.6 Å². The van der Waals surface area contributed by atoms with Crippen LogP contribution in [0.1, 0.15) is 10.5 Å². The topological polar surface area (TPSA) is 139 Å². The van der Waals surface area contributed by atoms with Gasteiger partial charge in [0.15, 0.2) is 11.1 Å². The van der Waals surface area contributed by atoms with Crippen LogP contribution in [0.4, 0.5) is 5.13 Å². The largest absolute Gasteiger partial charge is 0.480 e. The minimum Gasteiger partial charge on any atom is -0.480 e. The highest BCUT2D eigenvalue weighted by Gasteiger charge is 2.19. The van der Waals surface area contributed by atoms with E-state index in [9.17, 15) is 9.59 Å². The Hall–Kier alpha value is -2.88. The number of aliphatic carboxylic acids is 1. The maximum Gasteiger partial charge on any atom is 0.323 e. The van der Waals surface area contributed by atoms with Crippen LogP contribution in [0.25, 0.3) is 11.3 Å². The van der Waals surface area contributed by atoms with Gasteiger partial charge in [-0.1, -0.05) is 0 Å². The lowest BCUT2D eigenvalue weighted by Crippen LogP contribution is -2.40. The van der Waals surface area contributed by atoms with Crippen molar-refractivity contribution in [3.63, 3.8) is 0 Å². The Morgan fingerprint density at radius 2 is 2.17 bits per heavy atom. The highest BCUT2D eigenvalue weighted by Crippen LogP contribution is 2.28. The van der Waals surface area contributed by atoms with Crippen molar-refractivity contribution in [2.45, 2.75) is 0 Å². The monoisotopic (exact) mass is 336 g/mol. The van der Waals surface area contributed by atoms with Crippen LogP contribution < -0.4 is 10.6 Å². The van der Waals surface area contributed by atoms with Crippen LogP contribution in [0, 0.1) is 5.41 Å². The molecule has 10 heteroatoms.